The highest BCUT2D eigenvalue weighted by molar-refractivity contribution is 6.06. The number of aromatic amines is 1. The van der Waals surface area contributed by atoms with Gasteiger partial charge in [0.2, 0.25) is 0 Å². The third-order valence-corrected chi connectivity index (χ3v) is 4.76. The highest BCUT2D eigenvalue weighted by Gasteiger charge is 2.22. The standard InChI is InChI=1S/C22H15N3O3/c26-21(14-5-6-15-12-28-22(27)17(15)11-14)23-16-9-7-13(8-10-16)20-24-18-3-1-2-4-19(18)25-20/h1-11H,12H2,(H,23,26)(H,24,25). The Morgan fingerprint density at radius 1 is 1.04 bits per heavy atom. The molecule has 28 heavy (non-hydrogen) atoms. The van der Waals surface area contributed by atoms with Gasteiger partial charge in [0.05, 0.1) is 16.6 Å². The number of anilines is 1. The van der Waals surface area contributed by atoms with E-state index < -0.39 is 0 Å². The summed E-state index contributed by atoms with van der Waals surface area (Å²) < 4.78 is 4.97. The molecule has 0 saturated carbocycles. The van der Waals surface area contributed by atoms with Crippen LogP contribution in [0.3, 0.4) is 0 Å². The van der Waals surface area contributed by atoms with Crippen molar-refractivity contribution in [2.75, 3.05) is 5.32 Å². The molecule has 6 nitrogen and oxygen atoms in total. The van der Waals surface area contributed by atoms with Crippen LogP contribution in [0.5, 0.6) is 0 Å². The predicted octanol–water partition coefficient (Wildman–Crippen LogP) is 4.15. The van der Waals surface area contributed by atoms with E-state index in [1.54, 1.807) is 18.2 Å². The maximum absolute atomic E-state index is 12.5. The van der Waals surface area contributed by atoms with Crippen molar-refractivity contribution >= 4 is 28.6 Å². The number of imidazole rings is 1. The second-order valence-corrected chi connectivity index (χ2v) is 6.58. The summed E-state index contributed by atoms with van der Waals surface area (Å²) in [6, 6.07) is 20.3. The molecule has 1 amide bonds. The Morgan fingerprint density at radius 2 is 1.86 bits per heavy atom. The third kappa shape index (κ3) is 2.81. The number of hydrogen-bond acceptors (Lipinski definition) is 4. The van der Waals surface area contributed by atoms with Gasteiger partial charge in [0, 0.05) is 22.4 Å². The molecule has 0 spiro atoms. The number of benzene rings is 3. The van der Waals surface area contributed by atoms with Crippen LogP contribution < -0.4 is 5.32 Å². The average molecular weight is 369 g/mol. The number of para-hydroxylation sites is 2. The quantitative estimate of drug-likeness (QED) is 0.531. The molecule has 0 aliphatic carbocycles. The van der Waals surface area contributed by atoms with Crippen LogP contribution in [0.2, 0.25) is 0 Å². The Bertz CT molecular complexity index is 1190. The van der Waals surface area contributed by atoms with Gasteiger partial charge < -0.3 is 15.0 Å². The number of aromatic nitrogens is 2. The van der Waals surface area contributed by atoms with Crippen molar-refractivity contribution in [3.63, 3.8) is 0 Å². The molecule has 0 bridgehead atoms. The van der Waals surface area contributed by atoms with Gasteiger partial charge in [-0.3, -0.25) is 4.79 Å². The smallest absolute Gasteiger partial charge is 0.338 e. The van der Waals surface area contributed by atoms with Gasteiger partial charge in [0.25, 0.3) is 5.91 Å². The minimum absolute atomic E-state index is 0.263. The zero-order chi connectivity index (χ0) is 19.1. The number of cyclic esters (lactones) is 1. The maximum Gasteiger partial charge on any atom is 0.338 e. The third-order valence-electron chi connectivity index (χ3n) is 4.76. The number of esters is 1. The second-order valence-electron chi connectivity index (χ2n) is 6.58. The first kappa shape index (κ1) is 16.3. The molecular formula is C22H15N3O3. The molecule has 136 valence electrons. The lowest BCUT2D eigenvalue weighted by molar-refractivity contribution is 0.0535. The lowest BCUT2D eigenvalue weighted by Gasteiger charge is -2.07. The maximum atomic E-state index is 12.5. The molecule has 0 saturated heterocycles. The predicted molar refractivity (Wildman–Crippen MR) is 105 cm³/mol. The minimum atomic E-state index is -0.389. The Hall–Kier alpha value is -3.93. The number of rotatable bonds is 3. The van der Waals surface area contributed by atoms with Gasteiger partial charge in [-0.15, -0.1) is 0 Å². The number of H-pyrrole nitrogens is 1. The van der Waals surface area contributed by atoms with Crippen molar-refractivity contribution in [3.8, 4) is 11.4 Å². The van der Waals surface area contributed by atoms with Crippen LogP contribution in [0.4, 0.5) is 5.69 Å². The van der Waals surface area contributed by atoms with E-state index >= 15 is 0 Å². The van der Waals surface area contributed by atoms with Crippen LogP contribution in [0.15, 0.2) is 66.7 Å². The fourth-order valence-electron chi connectivity index (χ4n) is 3.26. The number of carbonyl (C=O) groups excluding carboxylic acids is 2. The molecule has 2 N–H and O–H groups in total. The Morgan fingerprint density at radius 3 is 2.68 bits per heavy atom. The fourth-order valence-corrected chi connectivity index (χ4v) is 3.26. The first-order chi connectivity index (χ1) is 13.7. The number of nitrogens with one attached hydrogen (secondary N) is 2. The van der Waals surface area contributed by atoms with E-state index in [0.717, 1.165) is 28.0 Å². The van der Waals surface area contributed by atoms with Crippen LogP contribution in [0.25, 0.3) is 22.4 Å². The first-order valence-corrected chi connectivity index (χ1v) is 8.84. The zero-order valence-corrected chi connectivity index (χ0v) is 14.7. The number of amides is 1. The average Bonchev–Trinajstić information content (AvgIpc) is 3.32. The van der Waals surface area contributed by atoms with Crippen LogP contribution in [-0.4, -0.2) is 21.8 Å². The molecule has 1 aliphatic rings. The van der Waals surface area contributed by atoms with E-state index in [0.29, 0.717) is 16.8 Å². The van der Waals surface area contributed by atoms with Crippen molar-refractivity contribution in [1.29, 1.82) is 0 Å². The normalized spacial score (nSPS) is 12.6. The highest BCUT2D eigenvalue weighted by atomic mass is 16.5. The molecule has 1 aliphatic heterocycles. The summed E-state index contributed by atoms with van der Waals surface area (Å²) in [7, 11) is 0. The fraction of sp³-hybridized carbons (Fsp3) is 0.0455. The highest BCUT2D eigenvalue weighted by Crippen LogP contribution is 2.24. The summed E-state index contributed by atoms with van der Waals surface area (Å²) in [4.78, 5) is 32.0. The molecule has 0 atom stereocenters. The summed E-state index contributed by atoms with van der Waals surface area (Å²) in [6.07, 6.45) is 0. The van der Waals surface area contributed by atoms with E-state index in [2.05, 4.69) is 15.3 Å². The molecule has 0 radical (unpaired) electrons. The summed E-state index contributed by atoms with van der Waals surface area (Å²) in [5.74, 6) is 0.107. The molecule has 0 fully saturated rings. The van der Waals surface area contributed by atoms with E-state index in [1.807, 2.05) is 48.5 Å². The van der Waals surface area contributed by atoms with Crippen LogP contribution in [0.1, 0.15) is 26.3 Å². The molecular weight excluding hydrogens is 354 g/mol. The summed E-state index contributed by atoms with van der Waals surface area (Å²) in [6.45, 7) is 0.263. The van der Waals surface area contributed by atoms with Crippen molar-refractivity contribution in [2.45, 2.75) is 6.61 Å². The lowest BCUT2D eigenvalue weighted by Crippen LogP contribution is -2.12. The molecule has 5 rings (SSSR count). The van der Waals surface area contributed by atoms with Gasteiger partial charge in [-0.25, -0.2) is 9.78 Å². The van der Waals surface area contributed by atoms with Gasteiger partial charge in [0.1, 0.15) is 12.4 Å². The lowest BCUT2D eigenvalue weighted by atomic mass is 10.1. The van der Waals surface area contributed by atoms with Crippen molar-refractivity contribution in [3.05, 3.63) is 83.4 Å². The van der Waals surface area contributed by atoms with Crippen molar-refractivity contribution in [1.82, 2.24) is 9.97 Å². The molecule has 4 aromatic rings. The Balaban J connectivity index is 1.35. The molecule has 1 aromatic heterocycles. The first-order valence-electron chi connectivity index (χ1n) is 8.84. The zero-order valence-electron chi connectivity index (χ0n) is 14.7. The van der Waals surface area contributed by atoms with E-state index in [1.165, 1.54) is 0 Å². The number of ether oxygens (including phenoxy) is 1. The van der Waals surface area contributed by atoms with Crippen molar-refractivity contribution in [2.24, 2.45) is 0 Å². The van der Waals surface area contributed by atoms with Crippen LogP contribution in [-0.2, 0) is 11.3 Å². The Labute approximate surface area is 160 Å². The molecule has 0 unspecified atom stereocenters. The van der Waals surface area contributed by atoms with Gasteiger partial charge in [-0.05, 0) is 48.5 Å². The molecule has 3 aromatic carbocycles. The van der Waals surface area contributed by atoms with E-state index in [9.17, 15) is 9.59 Å². The molecule has 6 heteroatoms. The number of nitrogens with zero attached hydrogens (tertiary/aromatic N) is 1. The van der Waals surface area contributed by atoms with Gasteiger partial charge in [0.15, 0.2) is 0 Å². The summed E-state index contributed by atoms with van der Waals surface area (Å²) in [5, 5.41) is 2.85. The van der Waals surface area contributed by atoms with E-state index in [-0.39, 0.29) is 18.5 Å². The Kier molecular flexibility index (Phi) is 3.69. The monoisotopic (exact) mass is 369 g/mol. The minimum Gasteiger partial charge on any atom is -0.457 e. The molecule has 2 heterocycles. The summed E-state index contributed by atoms with van der Waals surface area (Å²) in [5.41, 5.74) is 5.14. The second kappa shape index (κ2) is 6.35. The SMILES string of the molecule is O=C(Nc1ccc(-c2nc3ccccc3[nH]2)cc1)c1ccc2c(c1)C(=O)OC2. The summed E-state index contributed by atoms with van der Waals surface area (Å²) >= 11 is 0. The van der Waals surface area contributed by atoms with Gasteiger partial charge >= 0.3 is 5.97 Å². The number of fused-ring (bicyclic) bond motifs is 2. The number of carbonyl (C=O) groups is 2. The van der Waals surface area contributed by atoms with Gasteiger partial charge in [-0.1, -0.05) is 18.2 Å². The largest absolute Gasteiger partial charge is 0.457 e. The van der Waals surface area contributed by atoms with E-state index in [4.69, 9.17) is 4.74 Å². The van der Waals surface area contributed by atoms with Crippen molar-refractivity contribution < 1.29 is 14.3 Å². The van der Waals surface area contributed by atoms with Gasteiger partial charge in [-0.2, -0.15) is 0 Å². The van der Waals surface area contributed by atoms with Crippen LogP contribution >= 0.6 is 0 Å². The topological polar surface area (TPSA) is 84.1 Å². The number of hydrogen-bond donors (Lipinski definition) is 2. The van der Waals surface area contributed by atoms with Crippen LogP contribution in [0, 0.1) is 0 Å².